The van der Waals surface area contributed by atoms with E-state index in [4.69, 9.17) is 4.74 Å². The number of amides is 1. The van der Waals surface area contributed by atoms with Crippen LogP contribution in [0.25, 0.3) is 0 Å². The number of halogens is 1. The number of rotatable bonds is 7. The highest BCUT2D eigenvalue weighted by Gasteiger charge is 2.30. The Morgan fingerprint density at radius 3 is 2.46 bits per heavy atom. The monoisotopic (exact) mass is 405 g/mol. The Labute approximate surface area is 162 Å². The number of carbonyl (C=O) groups excluding carboxylic acids is 1. The number of sulfonamides is 1. The molecule has 2 rings (SSSR count). The lowest BCUT2D eigenvalue weighted by Crippen LogP contribution is -2.52. The molecule has 26 heavy (non-hydrogen) atoms. The van der Waals surface area contributed by atoms with Crippen molar-refractivity contribution >= 4 is 28.3 Å². The van der Waals surface area contributed by atoms with Crippen molar-refractivity contribution in [3.8, 4) is 0 Å². The second-order valence-corrected chi connectivity index (χ2v) is 8.13. The van der Waals surface area contributed by atoms with Crippen LogP contribution >= 0.6 is 12.4 Å². The zero-order valence-electron chi connectivity index (χ0n) is 15.5. The molecule has 1 heterocycles. The molecule has 0 atom stereocenters. The molecular formula is C17H28ClN3O4S. The molecular weight excluding hydrogens is 378 g/mol. The van der Waals surface area contributed by atoms with Crippen LogP contribution in [-0.4, -0.2) is 76.5 Å². The largest absolute Gasteiger partial charge is 0.383 e. The summed E-state index contributed by atoms with van der Waals surface area (Å²) in [6, 6.07) is 5.44. The van der Waals surface area contributed by atoms with Crippen molar-refractivity contribution in [2.75, 3.05) is 53.0 Å². The molecule has 1 saturated heterocycles. The second-order valence-electron chi connectivity index (χ2n) is 6.22. The van der Waals surface area contributed by atoms with Gasteiger partial charge in [-0.2, -0.15) is 4.31 Å². The fourth-order valence-electron chi connectivity index (χ4n) is 2.78. The minimum Gasteiger partial charge on any atom is -0.383 e. The number of hydrogen-bond acceptors (Lipinski definition) is 5. The van der Waals surface area contributed by atoms with Gasteiger partial charge >= 0.3 is 0 Å². The van der Waals surface area contributed by atoms with E-state index in [2.05, 4.69) is 5.32 Å². The van der Waals surface area contributed by atoms with Crippen LogP contribution in [0, 0.1) is 13.8 Å². The Morgan fingerprint density at radius 2 is 1.85 bits per heavy atom. The van der Waals surface area contributed by atoms with Gasteiger partial charge in [0.2, 0.25) is 15.9 Å². The van der Waals surface area contributed by atoms with E-state index in [0.717, 1.165) is 11.1 Å². The number of benzene rings is 1. The van der Waals surface area contributed by atoms with Crippen LogP contribution in [0.3, 0.4) is 0 Å². The normalized spacial score (nSPS) is 15.6. The van der Waals surface area contributed by atoms with Crippen LogP contribution in [0.5, 0.6) is 0 Å². The van der Waals surface area contributed by atoms with Crippen molar-refractivity contribution < 1.29 is 17.9 Å². The average molecular weight is 406 g/mol. The molecule has 0 aromatic heterocycles. The summed E-state index contributed by atoms with van der Waals surface area (Å²) in [7, 11) is -1.92. The highest BCUT2D eigenvalue weighted by Crippen LogP contribution is 2.22. The molecule has 7 nitrogen and oxygen atoms in total. The van der Waals surface area contributed by atoms with E-state index in [1.807, 2.05) is 19.1 Å². The van der Waals surface area contributed by atoms with E-state index in [9.17, 15) is 13.2 Å². The Morgan fingerprint density at radius 1 is 1.19 bits per heavy atom. The lowest BCUT2D eigenvalue weighted by atomic mass is 10.2. The Hall–Kier alpha value is -1.19. The molecule has 0 radical (unpaired) electrons. The second kappa shape index (κ2) is 10.2. The summed E-state index contributed by atoms with van der Waals surface area (Å²) in [4.78, 5) is 14.2. The van der Waals surface area contributed by atoms with Crippen LogP contribution in [0.15, 0.2) is 23.1 Å². The maximum absolute atomic E-state index is 12.9. The molecule has 1 amide bonds. The van der Waals surface area contributed by atoms with Gasteiger partial charge in [-0.25, -0.2) is 8.42 Å². The molecule has 0 unspecified atom stereocenters. The Bertz CT molecular complexity index is 704. The van der Waals surface area contributed by atoms with Gasteiger partial charge in [-0.05, 0) is 31.0 Å². The topological polar surface area (TPSA) is 79.0 Å². The molecule has 0 bridgehead atoms. The number of carbonyl (C=O) groups is 1. The van der Waals surface area contributed by atoms with E-state index in [1.165, 1.54) is 4.31 Å². The van der Waals surface area contributed by atoms with E-state index in [0.29, 0.717) is 44.2 Å². The molecule has 1 N–H and O–H groups in total. The van der Waals surface area contributed by atoms with Crippen molar-refractivity contribution in [1.82, 2.24) is 14.5 Å². The van der Waals surface area contributed by atoms with Gasteiger partial charge in [0.15, 0.2) is 0 Å². The summed E-state index contributed by atoms with van der Waals surface area (Å²) in [6.45, 7) is 6.55. The highest BCUT2D eigenvalue weighted by molar-refractivity contribution is 7.89. The fourth-order valence-corrected chi connectivity index (χ4v) is 4.52. The number of nitrogens with zero attached hydrogens (tertiary/aromatic N) is 2. The lowest BCUT2D eigenvalue weighted by Gasteiger charge is -2.34. The Balaban J connectivity index is 0.00000338. The first-order valence-electron chi connectivity index (χ1n) is 8.41. The van der Waals surface area contributed by atoms with E-state index < -0.39 is 10.0 Å². The quantitative estimate of drug-likeness (QED) is 0.678. The van der Waals surface area contributed by atoms with Crippen LogP contribution in [0.1, 0.15) is 11.1 Å². The minimum absolute atomic E-state index is 0. The van der Waals surface area contributed by atoms with Gasteiger partial charge in [-0.1, -0.05) is 12.1 Å². The van der Waals surface area contributed by atoms with Crippen molar-refractivity contribution in [3.63, 3.8) is 0 Å². The van der Waals surface area contributed by atoms with E-state index in [1.54, 1.807) is 25.0 Å². The van der Waals surface area contributed by atoms with Gasteiger partial charge in [0.1, 0.15) is 0 Å². The number of hydrogen-bond donors (Lipinski definition) is 1. The summed E-state index contributed by atoms with van der Waals surface area (Å²) < 4.78 is 32.1. The molecule has 1 aromatic rings. The van der Waals surface area contributed by atoms with Gasteiger partial charge in [0.05, 0.1) is 18.0 Å². The fraction of sp³-hybridized carbons (Fsp3) is 0.588. The minimum atomic E-state index is -3.53. The first kappa shape index (κ1) is 22.9. The van der Waals surface area contributed by atoms with Crippen LogP contribution in [0.4, 0.5) is 0 Å². The van der Waals surface area contributed by atoms with Gasteiger partial charge in [0.25, 0.3) is 0 Å². The third-order valence-corrected chi connectivity index (χ3v) is 6.35. The van der Waals surface area contributed by atoms with Gasteiger partial charge < -0.3 is 15.0 Å². The Kier molecular flexibility index (Phi) is 8.99. The summed E-state index contributed by atoms with van der Waals surface area (Å²) in [5, 5.41) is 3.02. The summed E-state index contributed by atoms with van der Waals surface area (Å²) >= 11 is 0. The van der Waals surface area contributed by atoms with Crippen LogP contribution in [0.2, 0.25) is 0 Å². The molecule has 0 aliphatic carbocycles. The number of piperazine rings is 1. The smallest absolute Gasteiger partial charge is 0.243 e. The van der Waals surface area contributed by atoms with Crippen LogP contribution in [-0.2, 0) is 19.6 Å². The molecule has 1 aliphatic rings. The van der Waals surface area contributed by atoms with Gasteiger partial charge in [0, 0.05) is 39.8 Å². The van der Waals surface area contributed by atoms with Crippen LogP contribution < -0.4 is 5.32 Å². The van der Waals surface area contributed by atoms with Crippen molar-refractivity contribution in [3.05, 3.63) is 29.3 Å². The predicted octanol–water partition coefficient (Wildman–Crippen LogP) is 0.794. The molecule has 9 heteroatoms. The lowest BCUT2D eigenvalue weighted by molar-refractivity contribution is -0.131. The van der Waals surface area contributed by atoms with Crippen molar-refractivity contribution in [2.24, 2.45) is 0 Å². The van der Waals surface area contributed by atoms with Gasteiger partial charge in [-0.15, -0.1) is 12.4 Å². The molecule has 1 fully saturated rings. The molecule has 0 saturated carbocycles. The SMILES string of the molecule is COCCNCC(=O)N1CCN(S(=O)(=O)c2cc(C)ccc2C)CC1.Cl. The summed E-state index contributed by atoms with van der Waals surface area (Å²) in [5.74, 6) is -0.0140. The maximum Gasteiger partial charge on any atom is 0.243 e. The van der Waals surface area contributed by atoms with Crippen molar-refractivity contribution in [1.29, 1.82) is 0 Å². The zero-order chi connectivity index (χ0) is 18.4. The number of nitrogens with one attached hydrogen (secondary N) is 1. The first-order chi connectivity index (χ1) is 11.9. The third-order valence-electron chi connectivity index (χ3n) is 4.31. The molecule has 1 aromatic carbocycles. The average Bonchev–Trinajstić information content (AvgIpc) is 2.60. The molecule has 0 spiro atoms. The molecule has 1 aliphatic heterocycles. The number of aryl methyl sites for hydroxylation is 2. The highest BCUT2D eigenvalue weighted by atomic mass is 35.5. The standard InChI is InChI=1S/C17H27N3O4S.ClH/c1-14-4-5-15(2)16(12-14)25(22,23)20-9-7-19(8-10-20)17(21)13-18-6-11-24-3;/h4-5,12,18H,6-11,13H2,1-3H3;1H. The van der Waals surface area contributed by atoms with E-state index in [-0.39, 0.29) is 24.9 Å². The molecule has 148 valence electrons. The predicted molar refractivity (Wildman–Crippen MR) is 103 cm³/mol. The number of ether oxygens (including phenoxy) is 1. The zero-order valence-corrected chi connectivity index (χ0v) is 17.2. The summed E-state index contributed by atoms with van der Waals surface area (Å²) in [5.41, 5.74) is 1.66. The van der Waals surface area contributed by atoms with Crippen molar-refractivity contribution in [2.45, 2.75) is 18.7 Å². The maximum atomic E-state index is 12.9. The summed E-state index contributed by atoms with van der Waals surface area (Å²) in [6.07, 6.45) is 0. The van der Waals surface area contributed by atoms with Gasteiger partial charge in [-0.3, -0.25) is 4.79 Å². The first-order valence-corrected chi connectivity index (χ1v) is 9.85. The number of methoxy groups -OCH3 is 1. The third kappa shape index (κ3) is 5.65. The van der Waals surface area contributed by atoms with E-state index >= 15 is 0 Å².